The van der Waals surface area contributed by atoms with E-state index in [0.717, 1.165) is 15.2 Å². The highest BCUT2D eigenvalue weighted by molar-refractivity contribution is 8.01. The maximum Gasteiger partial charge on any atom is 0.232 e. The number of anilines is 2. The summed E-state index contributed by atoms with van der Waals surface area (Å²) in [7, 11) is 3.49. The first-order valence-electron chi connectivity index (χ1n) is 6.47. The molecule has 7 heteroatoms. The van der Waals surface area contributed by atoms with Crippen LogP contribution in [0.4, 0.5) is 10.8 Å². The topological polar surface area (TPSA) is 58.1 Å². The van der Waals surface area contributed by atoms with Gasteiger partial charge in [-0.1, -0.05) is 41.3 Å². The first-order valence-corrected chi connectivity index (χ1v) is 8.27. The van der Waals surface area contributed by atoms with E-state index in [2.05, 4.69) is 41.5 Å². The van der Waals surface area contributed by atoms with Crippen molar-refractivity contribution in [2.24, 2.45) is 0 Å². The van der Waals surface area contributed by atoms with E-state index in [1.54, 1.807) is 19.0 Å². The fourth-order valence-electron chi connectivity index (χ4n) is 1.69. The summed E-state index contributed by atoms with van der Waals surface area (Å²) in [5.74, 6) is 0.449. The Balaban J connectivity index is 2.02. The second kappa shape index (κ2) is 6.91. The number of aromatic nitrogens is 2. The molecule has 0 bridgehead atoms. The second-order valence-electron chi connectivity index (χ2n) is 4.84. The Morgan fingerprint density at radius 2 is 1.95 bits per heavy atom. The fraction of sp³-hybridized carbons (Fsp3) is 0.357. The van der Waals surface area contributed by atoms with E-state index in [1.165, 1.54) is 34.2 Å². The zero-order valence-corrected chi connectivity index (χ0v) is 14.1. The van der Waals surface area contributed by atoms with Crippen LogP contribution in [-0.2, 0) is 4.79 Å². The number of para-hydroxylation sites is 1. The largest absolute Gasteiger partial charge is 0.348 e. The van der Waals surface area contributed by atoms with Gasteiger partial charge < -0.3 is 10.2 Å². The zero-order chi connectivity index (χ0) is 15.4. The number of hydrogen-bond donors (Lipinski definition) is 1. The Hall–Kier alpha value is -1.60. The minimum absolute atomic E-state index is 0.0689. The van der Waals surface area contributed by atoms with Crippen LogP contribution in [0.2, 0.25) is 0 Å². The number of rotatable bonds is 5. The van der Waals surface area contributed by atoms with Crippen LogP contribution in [0.3, 0.4) is 0 Å². The summed E-state index contributed by atoms with van der Waals surface area (Å²) < 4.78 is 0.791. The van der Waals surface area contributed by atoms with Crippen molar-refractivity contribution in [3.05, 3.63) is 29.3 Å². The van der Waals surface area contributed by atoms with Crippen LogP contribution in [0.15, 0.2) is 22.5 Å². The molecular formula is C14H18N4OS2. The number of nitrogens with zero attached hydrogens (tertiary/aromatic N) is 3. The summed E-state index contributed by atoms with van der Waals surface area (Å²) in [5, 5.41) is 12.3. The van der Waals surface area contributed by atoms with Crippen molar-refractivity contribution in [1.29, 1.82) is 0 Å². The quantitative estimate of drug-likeness (QED) is 0.857. The van der Waals surface area contributed by atoms with Gasteiger partial charge >= 0.3 is 0 Å². The summed E-state index contributed by atoms with van der Waals surface area (Å²) in [6.07, 6.45) is 0. The highest BCUT2D eigenvalue weighted by atomic mass is 32.2. The summed E-state index contributed by atoms with van der Waals surface area (Å²) in [6, 6.07) is 6.15. The molecule has 0 radical (unpaired) electrons. The van der Waals surface area contributed by atoms with Gasteiger partial charge in [-0.25, -0.2) is 0 Å². The summed E-state index contributed by atoms with van der Waals surface area (Å²) >= 11 is 2.87. The van der Waals surface area contributed by atoms with Crippen LogP contribution in [0, 0.1) is 13.8 Å². The molecule has 2 aromatic rings. The number of aryl methyl sites for hydroxylation is 2. The van der Waals surface area contributed by atoms with Gasteiger partial charge in [-0.15, -0.1) is 10.2 Å². The third kappa shape index (κ3) is 4.18. The van der Waals surface area contributed by atoms with Gasteiger partial charge in [-0.05, 0) is 25.0 Å². The van der Waals surface area contributed by atoms with Gasteiger partial charge in [0.15, 0.2) is 4.34 Å². The Morgan fingerprint density at radius 1 is 1.29 bits per heavy atom. The Kier molecular flexibility index (Phi) is 5.19. The van der Waals surface area contributed by atoms with Crippen LogP contribution in [0.1, 0.15) is 11.1 Å². The Bertz CT molecular complexity index is 619. The molecule has 1 aromatic heterocycles. The summed E-state index contributed by atoms with van der Waals surface area (Å²) in [5.41, 5.74) is 3.40. The third-order valence-corrected chi connectivity index (χ3v) is 4.89. The molecule has 0 spiro atoms. The lowest BCUT2D eigenvalue weighted by Gasteiger charge is -2.09. The van der Waals surface area contributed by atoms with Gasteiger partial charge in [-0.3, -0.25) is 4.79 Å². The molecule has 2 rings (SSSR count). The van der Waals surface area contributed by atoms with Gasteiger partial charge in [0.05, 0.1) is 5.75 Å². The Morgan fingerprint density at radius 3 is 2.57 bits per heavy atom. The molecule has 1 amide bonds. The van der Waals surface area contributed by atoms with E-state index in [9.17, 15) is 4.79 Å². The maximum atomic E-state index is 11.5. The number of carbonyl (C=O) groups is 1. The van der Waals surface area contributed by atoms with Crippen LogP contribution < -0.4 is 5.32 Å². The molecule has 0 aliphatic rings. The number of benzene rings is 1. The van der Waals surface area contributed by atoms with Crippen LogP contribution in [-0.4, -0.2) is 40.9 Å². The molecular weight excluding hydrogens is 304 g/mol. The molecule has 0 aliphatic carbocycles. The van der Waals surface area contributed by atoms with Gasteiger partial charge in [0.25, 0.3) is 0 Å². The van der Waals surface area contributed by atoms with E-state index in [1.807, 2.05) is 6.07 Å². The van der Waals surface area contributed by atoms with Crippen molar-refractivity contribution in [2.45, 2.75) is 18.2 Å². The predicted molar refractivity (Wildman–Crippen MR) is 88.5 cm³/mol. The lowest BCUT2D eigenvalue weighted by atomic mass is 10.1. The molecule has 0 unspecified atom stereocenters. The minimum atomic E-state index is 0.0689. The average Bonchev–Trinajstić information content (AvgIpc) is 2.88. The predicted octanol–water partition coefficient (Wildman–Crippen LogP) is 3.08. The van der Waals surface area contributed by atoms with Crippen molar-refractivity contribution in [2.75, 3.05) is 25.2 Å². The van der Waals surface area contributed by atoms with E-state index in [-0.39, 0.29) is 5.91 Å². The molecule has 0 aliphatic heterocycles. The molecule has 0 fully saturated rings. The van der Waals surface area contributed by atoms with E-state index >= 15 is 0 Å². The van der Waals surface area contributed by atoms with Crippen LogP contribution in [0.5, 0.6) is 0 Å². The molecule has 0 saturated heterocycles. The van der Waals surface area contributed by atoms with Gasteiger partial charge in [0, 0.05) is 19.8 Å². The molecule has 1 aromatic carbocycles. The molecule has 1 heterocycles. The fourth-order valence-corrected chi connectivity index (χ4v) is 3.42. The third-order valence-electron chi connectivity index (χ3n) is 2.94. The standard InChI is InChI=1S/C14H18N4OS2/c1-9-6-5-7-10(2)12(9)15-13-16-17-14(21-13)20-8-11(19)18(3)4/h5-7H,8H2,1-4H3,(H,15,16). The normalized spacial score (nSPS) is 10.5. The number of thioether (sulfide) groups is 1. The maximum absolute atomic E-state index is 11.5. The van der Waals surface area contributed by atoms with Crippen LogP contribution in [0.25, 0.3) is 0 Å². The molecule has 0 atom stereocenters. The first kappa shape index (κ1) is 15.8. The molecule has 1 N–H and O–H groups in total. The number of hydrogen-bond acceptors (Lipinski definition) is 6. The molecule has 5 nitrogen and oxygen atoms in total. The van der Waals surface area contributed by atoms with Gasteiger partial charge in [0.2, 0.25) is 11.0 Å². The molecule has 112 valence electrons. The lowest BCUT2D eigenvalue weighted by molar-refractivity contribution is -0.125. The van der Waals surface area contributed by atoms with E-state index < -0.39 is 0 Å². The zero-order valence-electron chi connectivity index (χ0n) is 12.5. The number of amides is 1. The smallest absolute Gasteiger partial charge is 0.232 e. The van der Waals surface area contributed by atoms with Crippen LogP contribution >= 0.6 is 23.1 Å². The summed E-state index contributed by atoms with van der Waals surface area (Å²) in [6.45, 7) is 4.11. The monoisotopic (exact) mass is 322 g/mol. The van der Waals surface area contributed by atoms with Crippen molar-refractivity contribution >= 4 is 39.8 Å². The second-order valence-corrected chi connectivity index (χ2v) is 7.04. The number of carbonyl (C=O) groups excluding carboxylic acids is 1. The highest BCUT2D eigenvalue weighted by Gasteiger charge is 2.10. The first-order chi connectivity index (χ1) is 9.97. The number of nitrogens with one attached hydrogen (secondary N) is 1. The highest BCUT2D eigenvalue weighted by Crippen LogP contribution is 2.30. The summed E-state index contributed by atoms with van der Waals surface area (Å²) in [4.78, 5) is 13.1. The van der Waals surface area contributed by atoms with Crippen molar-refractivity contribution < 1.29 is 4.79 Å². The SMILES string of the molecule is Cc1cccc(C)c1Nc1nnc(SCC(=O)N(C)C)s1. The lowest BCUT2D eigenvalue weighted by Crippen LogP contribution is -2.23. The van der Waals surface area contributed by atoms with Crippen molar-refractivity contribution in [3.8, 4) is 0 Å². The molecule has 21 heavy (non-hydrogen) atoms. The Labute approximate surface area is 132 Å². The average molecular weight is 322 g/mol. The minimum Gasteiger partial charge on any atom is -0.348 e. The molecule has 0 saturated carbocycles. The van der Waals surface area contributed by atoms with Gasteiger partial charge in [-0.2, -0.15) is 0 Å². The van der Waals surface area contributed by atoms with Crippen molar-refractivity contribution in [1.82, 2.24) is 15.1 Å². The van der Waals surface area contributed by atoms with E-state index in [0.29, 0.717) is 5.75 Å². The van der Waals surface area contributed by atoms with E-state index in [4.69, 9.17) is 0 Å². The van der Waals surface area contributed by atoms with Gasteiger partial charge in [0.1, 0.15) is 0 Å². The van der Waals surface area contributed by atoms with Crippen molar-refractivity contribution in [3.63, 3.8) is 0 Å².